The first-order valence-corrected chi connectivity index (χ1v) is 9.12. The Morgan fingerprint density at radius 3 is 2.58 bits per heavy atom. The average Bonchev–Trinajstić information content (AvgIpc) is 2.88. The normalized spacial score (nSPS) is 11.2. The largest absolute Gasteiger partial charge is 0.366 e. The molecule has 1 N–H and O–H groups in total. The fourth-order valence-electron chi connectivity index (χ4n) is 2.76. The zero-order valence-corrected chi connectivity index (χ0v) is 15.6. The zero-order chi connectivity index (χ0) is 17.3. The maximum Gasteiger partial charge on any atom is 0.225 e. The summed E-state index contributed by atoms with van der Waals surface area (Å²) in [6.07, 6.45) is 1.80. The Morgan fingerprint density at radius 1 is 1.25 bits per heavy atom. The van der Waals surface area contributed by atoms with Crippen molar-refractivity contribution in [1.29, 1.82) is 0 Å². The highest BCUT2D eigenvalue weighted by molar-refractivity contribution is 7.19. The van der Waals surface area contributed by atoms with Crippen molar-refractivity contribution in [3.05, 3.63) is 52.6 Å². The number of aryl methyl sites for hydroxylation is 1. The van der Waals surface area contributed by atoms with Gasteiger partial charge in [0.25, 0.3) is 0 Å². The van der Waals surface area contributed by atoms with Crippen LogP contribution in [0.2, 0.25) is 5.28 Å². The van der Waals surface area contributed by atoms with Gasteiger partial charge >= 0.3 is 0 Å². The maximum atomic E-state index is 6.08. The number of nitrogens with zero attached hydrogens (tertiary/aromatic N) is 2. The zero-order valence-electron chi connectivity index (χ0n) is 14.1. The molecule has 3 rings (SSSR count). The smallest absolute Gasteiger partial charge is 0.225 e. The molecule has 3 nitrogen and oxygen atoms in total. The van der Waals surface area contributed by atoms with Crippen LogP contribution in [0.5, 0.6) is 0 Å². The maximum absolute atomic E-state index is 6.08. The number of thiophene rings is 1. The molecule has 0 fully saturated rings. The number of anilines is 1. The van der Waals surface area contributed by atoms with E-state index in [1.165, 1.54) is 21.6 Å². The van der Waals surface area contributed by atoms with Crippen molar-refractivity contribution in [3.63, 3.8) is 0 Å². The fraction of sp³-hybridized carbons (Fsp3) is 0.263. The lowest BCUT2D eigenvalue weighted by molar-refractivity contribution is 0.867. The summed E-state index contributed by atoms with van der Waals surface area (Å²) in [5.74, 6) is 1.28. The Morgan fingerprint density at radius 2 is 1.96 bits per heavy atom. The fourth-order valence-corrected chi connectivity index (χ4v) is 4.03. The lowest BCUT2D eigenvalue weighted by Gasteiger charge is -2.10. The molecule has 0 aliphatic rings. The second-order valence-electron chi connectivity index (χ2n) is 6.00. The molecule has 0 radical (unpaired) electrons. The summed E-state index contributed by atoms with van der Waals surface area (Å²) in [5.41, 5.74) is 3.68. The third-order valence-electron chi connectivity index (χ3n) is 3.98. The van der Waals surface area contributed by atoms with Crippen LogP contribution in [0.25, 0.3) is 21.3 Å². The molecule has 1 aromatic carbocycles. The lowest BCUT2D eigenvalue weighted by Crippen LogP contribution is -2.02. The van der Waals surface area contributed by atoms with E-state index >= 15 is 0 Å². The first-order chi connectivity index (χ1) is 11.5. The van der Waals surface area contributed by atoms with Gasteiger partial charge in [0.2, 0.25) is 5.28 Å². The third-order valence-corrected chi connectivity index (χ3v) is 5.15. The van der Waals surface area contributed by atoms with E-state index in [-0.39, 0.29) is 5.28 Å². The summed E-state index contributed by atoms with van der Waals surface area (Å²) in [5, 5.41) is 4.57. The van der Waals surface area contributed by atoms with Crippen LogP contribution >= 0.6 is 22.9 Å². The van der Waals surface area contributed by atoms with Gasteiger partial charge in [0, 0.05) is 17.0 Å². The predicted molar refractivity (Wildman–Crippen MR) is 105 cm³/mol. The molecule has 3 aromatic rings. The molecule has 0 aliphatic heterocycles. The number of rotatable bonds is 5. The molecule has 0 aliphatic carbocycles. The van der Waals surface area contributed by atoms with E-state index in [1.807, 2.05) is 0 Å². The van der Waals surface area contributed by atoms with Crippen LogP contribution in [-0.2, 0) is 0 Å². The van der Waals surface area contributed by atoms with Crippen LogP contribution in [0.3, 0.4) is 0 Å². The first-order valence-electron chi connectivity index (χ1n) is 7.93. The Hall–Kier alpha value is -1.91. The molecule has 0 bridgehead atoms. The highest BCUT2D eigenvalue weighted by Crippen LogP contribution is 2.41. The summed E-state index contributed by atoms with van der Waals surface area (Å²) in [7, 11) is 0. The summed E-state index contributed by atoms with van der Waals surface area (Å²) in [6, 6.07) is 8.73. The summed E-state index contributed by atoms with van der Waals surface area (Å²) in [4.78, 5) is 10.9. The van der Waals surface area contributed by atoms with Crippen LogP contribution in [-0.4, -0.2) is 16.5 Å². The van der Waals surface area contributed by atoms with Crippen LogP contribution < -0.4 is 5.32 Å². The van der Waals surface area contributed by atoms with E-state index in [0.717, 1.165) is 16.0 Å². The second kappa shape index (κ2) is 6.91. The monoisotopic (exact) mass is 357 g/mol. The van der Waals surface area contributed by atoms with Crippen LogP contribution in [0, 0.1) is 6.92 Å². The van der Waals surface area contributed by atoms with Gasteiger partial charge in [0.1, 0.15) is 10.6 Å². The van der Waals surface area contributed by atoms with E-state index in [2.05, 4.69) is 66.9 Å². The van der Waals surface area contributed by atoms with E-state index in [4.69, 9.17) is 11.6 Å². The highest BCUT2D eigenvalue weighted by Gasteiger charge is 2.18. The van der Waals surface area contributed by atoms with E-state index in [9.17, 15) is 0 Å². The van der Waals surface area contributed by atoms with Crippen molar-refractivity contribution < 1.29 is 0 Å². The molecular weight excluding hydrogens is 338 g/mol. The number of fused-ring (bicyclic) bond motifs is 1. The summed E-state index contributed by atoms with van der Waals surface area (Å²) >= 11 is 7.73. The molecule has 0 saturated carbocycles. The van der Waals surface area contributed by atoms with Crippen molar-refractivity contribution in [1.82, 2.24) is 9.97 Å². The Bertz CT molecular complexity index is 882. The van der Waals surface area contributed by atoms with Crippen molar-refractivity contribution in [2.45, 2.75) is 26.7 Å². The topological polar surface area (TPSA) is 37.8 Å². The Labute approximate surface area is 151 Å². The Kier molecular flexibility index (Phi) is 4.88. The van der Waals surface area contributed by atoms with Crippen molar-refractivity contribution in [2.75, 3.05) is 11.9 Å². The number of hydrogen-bond donors (Lipinski definition) is 1. The molecule has 0 saturated heterocycles. The predicted octanol–water partition coefficient (Wildman–Crippen LogP) is 6.04. The minimum Gasteiger partial charge on any atom is -0.366 e. The summed E-state index contributed by atoms with van der Waals surface area (Å²) in [6.45, 7) is 10.9. The number of nitrogens with one attached hydrogen (secondary N) is 1. The molecule has 0 atom stereocenters. The van der Waals surface area contributed by atoms with Gasteiger partial charge in [-0.05, 0) is 35.6 Å². The quantitative estimate of drug-likeness (QED) is 0.446. The van der Waals surface area contributed by atoms with Gasteiger partial charge in [-0.25, -0.2) is 9.97 Å². The highest BCUT2D eigenvalue weighted by atomic mass is 35.5. The number of halogens is 1. The van der Waals surface area contributed by atoms with Crippen LogP contribution in [0.1, 0.15) is 30.2 Å². The second-order valence-corrected chi connectivity index (χ2v) is 7.54. The molecule has 5 heteroatoms. The average molecular weight is 358 g/mol. The van der Waals surface area contributed by atoms with E-state index < -0.39 is 0 Å². The van der Waals surface area contributed by atoms with Gasteiger partial charge in [0.05, 0.1) is 5.39 Å². The third kappa shape index (κ3) is 3.17. The summed E-state index contributed by atoms with van der Waals surface area (Å²) < 4.78 is 0. The number of hydrogen-bond acceptors (Lipinski definition) is 4. The van der Waals surface area contributed by atoms with Gasteiger partial charge in [-0.15, -0.1) is 17.9 Å². The molecule has 0 amide bonds. The molecule has 24 heavy (non-hydrogen) atoms. The molecule has 2 aromatic heterocycles. The van der Waals surface area contributed by atoms with Gasteiger partial charge < -0.3 is 5.32 Å². The SMILES string of the molecule is C=CCNc1nc(Cl)nc2sc(C)c(-c3ccc(C(C)C)cc3)c12. The minimum absolute atomic E-state index is 0.261. The van der Waals surface area contributed by atoms with Gasteiger partial charge in [0.15, 0.2) is 0 Å². The molecular formula is C19H20ClN3S. The lowest BCUT2D eigenvalue weighted by atomic mass is 9.98. The first kappa shape index (κ1) is 16.9. The van der Waals surface area contributed by atoms with Crippen molar-refractivity contribution in [3.8, 4) is 11.1 Å². The standard InChI is InChI=1S/C19H20ClN3S/c1-5-10-21-17-16-15(12(4)24-18(16)23-19(20)22-17)14-8-6-13(7-9-14)11(2)3/h5-9,11H,1,10H2,2-4H3,(H,21,22,23). The van der Waals surface area contributed by atoms with Crippen LogP contribution in [0.4, 0.5) is 5.82 Å². The number of aromatic nitrogens is 2. The number of benzene rings is 1. The van der Waals surface area contributed by atoms with E-state index in [1.54, 1.807) is 17.4 Å². The van der Waals surface area contributed by atoms with Crippen molar-refractivity contribution >= 4 is 39.0 Å². The Balaban J connectivity index is 2.19. The van der Waals surface area contributed by atoms with Gasteiger partial charge in [-0.2, -0.15) is 0 Å². The molecule has 0 unspecified atom stereocenters. The molecule has 2 heterocycles. The van der Waals surface area contributed by atoms with Crippen LogP contribution in [0.15, 0.2) is 36.9 Å². The minimum atomic E-state index is 0.261. The van der Waals surface area contributed by atoms with Gasteiger partial charge in [-0.1, -0.05) is 44.2 Å². The van der Waals surface area contributed by atoms with Crippen molar-refractivity contribution in [2.24, 2.45) is 0 Å². The molecule has 124 valence electrons. The van der Waals surface area contributed by atoms with Gasteiger partial charge in [-0.3, -0.25) is 0 Å². The van der Waals surface area contributed by atoms with E-state index in [0.29, 0.717) is 12.5 Å². The molecule has 0 spiro atoms.